The molecular formula is C12H13BrN2O2. The molecule has 0 spiro atoms. The van der Waals surface area contributed by atoms with Crippen LogP contribution in [0.2, 0.25) is 0 Å². The second kappa shape index (κ2) is 6.01. The third kappa shape index (κ3) is 3.43. The van der Waals surface area contributed by atoms with Gasteiger partial charge in [0.15, 0.2) is 0 Å². The van der Waals surface area contributed by atoms with E-state index < -0.39 is 0 Å². The van der Waals surface area contributed by atoms with Crippen LogP contribution in [0.25, 0.3) is 0 Å². The Morgan fingerprint density at radius 3 is 3.18 bits per heavy atom. The predicted octanol–water partition coefficient (Wildman–Crippen LogP) is 1.69. The first-order valence-electron chi connectivity index (χ1n) is 5.44. The number of benzene rings is 1. The second-order valence-corrected chi connectivity index (χ2v) is 4.68. The minimum atomic E-state index is 0.0546. The number of nitrogens with zero attached hydrogens (tertiary/aromatic N) is 1. The van der Waals surface area contributed by atoms with E-state index in [9.17, 15) is 0 Å². The van der Waals surface area contributed by atoms with Gasteiger partial charge in [0.2, 0.25) is 0 Å². The van der Waals surface area contributed by atoms with Crippen LogP contribution in [0.15, 0.2) is 22.7 Å². The van der Waals surface area contributed by atoms with Gasteiger partial charge in [0, 0.05) is 17.6 Å². The van der Waals surface area contributed by atoms with Crippen molar-refractivity contribution in [3.05, 3.63) is 28.2 Å². The lowest BCUT2D eigenvalue weighted by molar-refractivity contribution is 0.000138. The Morgan fingerprint density at radius 2 is 2.47 bits per heavy atom. The topological polar surface area (TPSA) is 54.3 Å². The van der Waals surface area contributed by atoms with Gasteiger partial charge in [0.25, 0.3) is 0 Å². The number of nitrogens with one attached hydrogen (secondary N) is 1. The highest BCUT2D eigenvalue weighted by molar-refractivity contribution is 9.10. The summed E-state index contributed by atoms with van der Waals surface area (Å²) in [5.41, 5.74) is 0.531. The molecule has 1 atom stereocenters. The Morgan fingerprint density at radius 1 is 1.59 bits per heavy atom. The lowest BCUT2D eigenvalue weighted by Gasteiger charge is -2.23. The lowest BCUT2D eigenvalue weighted by atomic mass is 10.2. The zero-order valence-corrected chi connectivity index (χ0v) is 10.9. The summed E-state index contributed by atoms with van der Waals surface area (Å²) in [4.78, 5) is 0. The highest BCUT2D eigenvalue weighted by atomic mass is 79.9. The van der Waals surface area contributed by atoms with Crippen LogP contribution in [0.1, 0.15) is 5.56 Å². The van der Waals surface area contributed by atoms with Crippen LogP contribution in [-0.4, -0.2) is 32.4 Å². The molecule has 1 aromatic rings. The molecule has 17 heavy (non-hydrogen) atoms. The van der Waals surface area contributed by atoms with Crippen molar-refractivity contribution < 1.29 is 9.47 Å². The first kappa shape index (κ1) is 12.4. The van der Waals surface area contributed by atoms with Gasteiger partial charge in [0.1, 0.15) is 24.5 Å². The lowest BCUT2D eigenvalue weighted by Crippen LogP contribution is -2.41. The highest BCUT2D eigenvalue weighted by Gasteiger charge is 2.14. The molecule has 1 unspecified atom stereocenters. The van der Waals surface area contributed by atoms with Gasteiger partial charge in [-0.1, -0.05) is 15.9 Å². The van der Waals surface area contributed by atoms with E-state index >= 15 is 0 Å². The highest BCUT2D eigenvalue weighted by Crippen LogP contribution is 2.22. The monoisotopic (exact) mass is 296 g/mol. The number of ether oxygens (including phenoxy) is 2. The summed E-state index contributed by atoms with van der Waals surface area (Å²) in [5, 5.41) is 12.2. The summed E-state index contributed by atoms with van der Waals surface area (Å²) >= 11 is 3.32. The molecule has 0 radical (unpaired) electrons. The molecule has 5 heteroatoms. The molecule has 90 valence electrons. The van der Waals surface area contributed by atoms with Crippen molar-refractivity contribution in [3.63, 3.8) is 0 Å². The van der Waals surface area contributed by atoms with Crippen molar-refractivity contribution >= 4 is 15.9 Å². The fraction of sp³-hybridized carbons (Fsp3) is 0.417. The fourth-order valence-electron chi connectivity index (χ4n) is 1.62. The van der Waals surface area contributed by atoms with E-state index in [0.29, 0.717) is 24.5 Å². The van der Waals surface area contributed by atoms with Crippen molar-refractivity contribution in [1.29, 1.82) is 5.26 Å². The molecule has 0 bridgehead atoms. The molecule has 2 rings (SSSR count). The molecular weight excluding hydrogens is 284 g/mol. The predicted molar refractivity (Wildman–Crippen MR) is 67.0 cm³/mol. The third-order valence-corrected chi connectivity index (χ3v) is 2.98. The van der Waals surface area contributed by atoms with Crippen LogP contribution in [0.4, 0.5) is 0 Å². The molecule has 1 aliphatic rings. The fourth-order valence-corrected chi connectivity index (χ4v) is 1.99. The van der Waals surface area contributed by atoms with Crippen molar-refractivity contribution in [2.24, 2.45) is 0 Å². The van der Waals surface area contributed by atoms with E-state index in [-0.39, 0.29) is 6.10 Å². The molecule has 1 aromatic carbocycles. The average Bonchev–Trinajstić information content (AvgIpc) is 2.38. The van der Waals surface area contributed by atoms with Crippen LogP contribution >= 0.6 is 15.9 Å². The summed E-state index contributed by atoms with van der Waals surface area (Å²) in [5.74, 6) is 0.602. The van der Waals surface area contributed by atoms with Gasteiger partial charge in [-0.15, -0.1) is 0 Å². The molecule has 4 nitrogen and oxygen atoms in total. The Hall–Kier alpha value is -1.09. The molecule has 0 amide bonds. The Kier molecular flexibility index (Phi) is 4.37. The number of halogens is 1. The maximum absolute atomic E-state index is 8.99. The minimum absolute atomic E-state index is 0.0546. The third-order valence-electron chi connectivity index (χ3n) is 2.49. The van der Waals surface area contributed by atoms with E-state index in [1.54, 1.807) is 12.1 Å². The summed E-state index contributed by atoms with van der Waals surface area (Å²) in [7, 11) is 0. The van der Waals surface area contributed by atoms with E-state index in [1.807, 2.05) is 6.07 Å². The summed E-state index contributed by atoms with van der Waals surface area (Å²) < 4.78 is 12.0. The summed E-state index contributed by atoms with van der Waals surface area (Å²) in [6.07, 6.45) is 0.0546. The number of morpholine rings is 1. The molecule has 1 saturated heterocycles. The molecule has 1 fully saturated rings. The molecule has 0 aromatic heterocycles. The van der Waals surface area contributed by atoms with Crippen LogP contribution in [0.3, 0.4) is 0 Å². The second-order valence-electron chi connectivity index (χ2n) is 3.76. The molecule has 1 aliphatic heterocycles. The number of hydrogen-bond acceptors (Lipinski definition) is 4. The minimum Gasteiger partial charge on any atom is -0.489 e. The van der Waals surface area contributed by atoms with Crippen LogP contribution in [0, 0.1) is 11.3 Å². The zero-order chi connectivity index (χ0) is 12.1. The van der Waals surface area contributed by atoms with Gasteiger partial charge in [-0.3, -0.25) is 0 Å². The molecule has 1 heterocycles. The normalized spacial score (nSPS) is 19.6. The van der Waals surface area contributed by atoms with Crippen LogP contribution in [0.5, 0.6) is 5.75 Å². The largest absolute Gasteiger partial charge is 0.489 e. The Bertz CT molecular complexity index is 425. The van der Waals surface area contributed by atoms with Crippen LogP contribution in [-0.2, 0) is 4.74 Å². The standard InChI is InChI=1S/C12H13BrN2O2/c13-10-1-2-12(9(5-10)6-14)17-8-11-7-15-3-4-16-11/h1-2,5,11,15H,3-4,7-8H2. The zero-order valence-electron chi connectivity index (χ0n) is 9.28. The van der Waals surface area contributed by atoms with Crippen molar-refractivity contribution in [2.45, 2.75) is 6.10 Å². The first-order chi connectivity index (χ1) is 8.29. The smallest absolute Gasteiger partial charge is 0.137 e. The van der Waals surface area contributed by atoms with Gasteiger partial charge >= 0.3 is 0 Å². The molecule has 1 N–H and O–H groups in total. The van der Waals surface area contributed by atoms with Gasteiger partial charge in [-0.05, 0) is 18.2 Å². The first-order valence-corrected chi connectivity index (χ1v) is 6.23. The van der Waals surface area contributed by atoms with Gasteiger partial charge < -0.3 is 14.8 Å². The van der Waals surface area contributed by atoms with E-state index in [2.05, 4.69) is 27.3 Å². The van der Waals surface area contributed by atoms with E-state index in [1.165, 1.54) is 0 Å². The quantitative estimate of drug-likeness (QED) is 0.922. The van der Waals surface area contributed by atoms with Gasteiger partial charge in [-0.2, -0.15) is 5.26 Å². The van der Waals surface area contributed by atoms with Gasteiger partial charge in [0.05, 0.1) is 12.2 Å². The van der Waals surface area contributed by atoms with Crippen molar-refractivity contribution in [3.8, 4) is 11.8 Å². The average molecular weight is 297 g/mol. The number of hydrogen-bond donors (Lipinski definition) is 1. The van der Waals surface area contributed by atoms with E-state index in [4.69, 9.17) is 14.7 Å². The van der Waals surface area contributed by atoms with E-state index in [0.717, 1.165) is 17.6 Å². The molecule has 0 saturated carbocycles. The van der Waals surface area contributed by atoms with Crippen molar-refractivity contribution in [2.75, 3.05) is 26.3 Å². The van der Waals surface area contributed by atoms with Gasteiger partial charge in [-0.25, -0.2) is 0 Å². The van der Waals surface area contributed by atoms with Crippen molar-refractivity contribution in [1.82, 2.24) is 5.32 Å². The number of rotatable bonds is 3. The SMILES string of the molecule is N#Cc1cc(Br)ccc1OCC1CNCCO1. The summed E-state index contributed by atoms with van der Waals surface area (Å²) in [6, 6.07) is 7.51. The Labute approximate surface area is 109 Å². The maximum Gasteiger partial charge on any atom is 0.137 e. The van der Waals surface area contributed by atoms with Crippen LogP contribution < -0.4 is 10.1 Å². The number of nitriles is 1. The Balaban J connectivity index is 1.96. The maximum atomic E-state index is 8.99. The molecule has 0 aliphatic carbocycles. The summed E-state index contributed by atoms with van der Waals surface area (Å²) in [6.45, 7) is 2.85.